The zero-order chi connectivity index (χ0) is 26.6. The average molecular weight is 518 g/mol. The molecule has 0 amide bonds. The molecule has 1 radical (unpaired) electrons. The highest BCUT2D eigenvalue weighted by Crippen LogP contribution is 2.60. The van der Waals surface area contributed by atoms with Crippen molar-refractivity contribution in [2.75, 3.05) is 26.2 Å². The zero-order valence-electron chi connectivity index (χ0n) is 25.7. The van der Waals surface area contributed by atoms with Crippen LogP contribution in [0.25, 0.3) is 0 Å². The molecule has 3 aliphatic rings. The summed E-state index contributed by atoms with van der Waals surface area (Å²) in [6, 6.07) is 0. The summed E-state index contributed by atoms with van der Waals surface area (Å²) in [5.74, 6) is 0.0443. The lowest BCUT2D eigenvalue weighted by Crippen LogP contribution is -2.66. The highest BCUT2D eigenvalue weighted by molar-refractivity contribution is 5.18. The van der Waals surface area contributed by atoms with E-state index in [0.717, 1.165) is 6.42 Å². The summed E-state index contributed by atoms with van der Waals surface area (Å²) >= 11 is 0. The molecule has 37 heavy (non-hydrogen) atoms. The van der Waals surface area contributed by atoms with Crippen molar-refractivity contribution in [1.29, 1.82) is 0 Å². The molecule has 0 aromatic rings. The minimum atomic E-state index is 0.0443. The maximum Gasteiger partial charge on any atom is 0.151 e. The van der Waals surface area contributed by atoms with E-state index in [-0.39, 0.29) is 16.9 Å². The first-order valence-electron chi connectivity index (χ1n) is 17.0. The summed E-state index contributed by atoms with van der Waals surface area (Å²) in [6.45, 7) is 19.2. The van der Waals surface area contributed by atoms with E-state index in [0.29, 0.717) is 0 Å². The molecule has 3 saturated heterocycles. The van der Waals surface area contributed by atoms with Crippen LogP contribution in [0.2, 0.25) is 0 Å². The summed E-state index contributed by atoms with van der Waals surface area (Å²) in [5.41, 5.74) is 4.65. The summed E-state index contributed by atoms with van der Waals surface area (Å²) in [4.78, 5) is 5.75. The Bertz CT molecular complexity index is 575. The van der Waals surface area contributed by atoms with E-state index >= 15 is 0 Å². The normalized spacial score (nSPS) is 21.5. The summed E-state index contributed by atoms with van der Waals surface area (Å²) in [5, 5.41) is 2.88. The minimum absolute atomic E-state index is 0.0443. The van der Waals surface area contributed by atoms with E-state index in [1.807, 2.05) is 0 Å². The quantitative estimate of drug-likeness (QED) is 0.0967. The van der Waals surface area contributed by atoms with Crippen LogP contribution in [0.1, 0.15) is 163 Å². The highest BCUT2D eigenvalue weighted by atomic mass is 15.9. The number of hydrazine groups is 1. The molecule has 3 rings (SSSR count). The Hall–Kier alpha value is -0.160. The molecule has 1 atom stereocenters. The van der Waals surface area contributed by atoms with E-state index in [4.69, 9.17) is 6.92 Å². The van der Waals surface area contributed by atoms with Crippen LogP contribution in [0.4, 0.5) is 0 Å². The summed E-state index contributed by atoms with van der Waals surface area (Å²) < 4.78 is 0. The monoisotopic (exact) mass is 518 g/mol. The van der Waals surface area contributed by atoms with Crippen molar-refractivity contribution in [3.05, 3.63) is 6.92 Å². The fourth-order valence-electron chi connectivity index (χ4n) is 7.48. The number of nitrogens with zero attached hydrogens (tertiary/aromatic N) is 3. The molecule has 0 aromatic carbocycles. The van der Waals surface area contributed by atoms with Gasteiger partial charge in [0.2, 0.25) is 0 Å². The second-order valence-electron chi connectivity index (χ2n) is 12.9. The lowest BCUT2D eigenvalue weighted by atomic mass is 9.68. The number of hydrogen-bond donors (Lipinski definition) is 1. The molecule has 4 heteroatoms. The zero-order valence-corrected chi connectivity index (χ0v) is 25.7. The van der Waals surface area contributed by atoms with Crippen LogP contribution in [0.5, 0.6) is 0 Å². The van der Waals surface area contributed by atoms with Crippen molar-refractivity contribution >= 4 is 0 Å². The van der Waals surface area contributed by atoms with E-state index in [9.17, 15) is 0 Å². The Balaban J connectivity index is 1.89. The van der Waals surface area contributed by atoms with Gasteiger partial charge in [0.05, 0.1) is 0 Å². The molecule has 3 heterocycles. The topological polar surface area (TPSA) is 31.0 Å². The standard InChI is InChI=1S/C33H65N4/c1-6-11-15-19-23-31(10-5,24-20-16-12-7-2)33(35-27-28-35,36-29-30-36)37-32(34-37,25-21-17-13-8-3)26-22-18-14-9-4/h34H,5-30H2,1-4H3. The van der Waals surface area contributed by atoms with Gasteiger partial charge >= 0.3 is 0 Å². The molecule has 217 valence electrons. The van der Waals surface area contributed by atoms with Crippen molar-refractivity contribution in [2.24, 2.45) is 5.41 Å². The smallest absolute Gasteiger partial charge is 0.151 e. The van der Waals surface area contributed by atoms with Gasteiger partial charge in [0.15, 0.2) is 5.79 Å². The fourth-order valence-corrected chi connectivity index (χ4v) is 7.48. The van der Waals surface area contributed by atoms with Crippen LogP contribution < -0.4 is 5.43 Å². The number of rotatable bonds is 25. The maximum atomic E-state index is 4.77. The molecular formula is C33H65N4. The van der Waals surface area contributed by atoms with Crippen LogP contribution >= 0.6 is 0 Å². The van der Waals surface area contributed by atoms with E-state index in [2.05, 4.69) is 47.9 Å². The largest absolute Gasteiger partial charge is 0.269 e. The number of nitrogens with one attached hydrogen (secondary N) is 1. The van der Waals surface area contributed by atoms with Gasteiger partial charge in [-0.1, -0.05) is 137 Å². The molecule has 0 aliphatic carbocycles. The van der Waals surface area contributed by atoms with Crippen LogP contribution in [0, 0.1) is 12.3 Å². The second kappa shape index (κ2) is 15.6. The molecule has 3 aliphatic heterocycles. The SMILES string of the molecule is [CH2]CC(CCCCCC)(CCCCCC)C(N1CC1)(N1CC1)N1NC1(CCCCCC)CCCCCC. The average Bonchev–Trinajstić information content (AvgIpc) is 3.76. The molecule has 0 spiro atoms. The first kappa shape index (κ1) is 31.4. The van der Waals surface area contributed by atoms with Gasteiger partial charge in [-0.3, -0.25) is 9.80 Å². The third-order valence-corrected chi connectivity index (χ3v) is 9.88. The Morgan fingerprint density at radius 2 is 1.00 bits per heavy atom. The minimum Gasteiger partial charge on any atom is -0.269 e. The van der Waals surface area contributed by atoms with E-state index in [1.165, 1.54) is 155 Å². The summed E-state index contributed by atoms with van der Waals surface area (Å²) in [7, 11) is 0. The summed E-state index contributed by atoms with van der Waals surface area (Å²) in [6.07, 6.45) is 28.2. The van der Waals surface area contributed by atoms with Gasteiger partial charge in [0, 0.05) is 31.6 Å². The van der Waals surface area contributed by atoms with Crippen LogP contribution in [0.3, 0.4) is 0 Å². The third-order valence-electron chi connectivity index (χ3n) is 9.88. The molecule has 3 fully saturated rings. The van der Waals surface area contributed by atoms with Gasteiger partial charge in [-0.2, -0.15) is 5.01 Å². The fraction of sp³-hybridized carbons (Fsp3) is 0.970. The maximum absolute atomic E-state index is 4.77. The Kier molecular flexibility index (Phi) is 13.2. The van der Waals surface area contributed by atoms with Gasteiger partial charge in [-0.25, -0.2) is 5.43 Å². The van der Waals surface area contributed by atoms with Crippen molar-refractivity contribution in [1.82, 2.24) is 20.2 Å². The molecule has 0 bridgehead atoms. The Morgan fingerprint density at radius 1 is 0.595 bits per heavy atom. The van der Waals surface area contributed by atoms with Crippen molar-refractivity contribution in [3.8, 4) is 0 Å². The molecule has 0 aromatic heterocycles. The number of unbranched alkanes of at least 4 members (excludes halogenated alkanes) is 12. The van der Waals surface area contributed by atoms with Crippen LogP contribution in [0.15, 0.2) is 0 Å². The van der Waals surface area contributed by atoms with Gasteiger partial charge in [-0.15, -0.1) is 0 Å². The van der Waals surface area contributed by atoms with Gasteiger partial charge in [0.25, 0.3) is 0 Å². The van der Waals surface area contributed by atoms with Gasteiger partial charge in [-0.05, 0) is 32.1 Å². The molecule has 0 saturated carbocycles. The van der Waals surface area contributed by atoms with Crippen molar-refractivity contribution in [3.63, 3.8) is 0 Å². The lowest BCUT2D eigenvalue weighted by molar-refractivity contribution is -0.153. The van der Waals surface area contributed by atoms with Crippen molar-refractivity contribution < 1.29 is 0 Å². The van der Waals surface area contributed by atoms with Crippen LogP contribution in [-0.4, -0.2) is 52.4 Å². The Morgan fingerprint density at radius 3 is 1.35 bits per heavy atom. The second-order valence-corrected chi connectivity index (χ2v) is 12.9. The Labute approximate surface area is 232 Å². The highest BCUT2D eigenvalue weighted by Gasteiger charge is 2.73. The first-order valence-corrected chi connectivity index (χ1v) is 17.0. The third kappa shape index (κ3) is 7.74. The predicted molar refractivity (Wildman–Crippen MR) is 161 cm³/mol. The van der Waals surface area contributed by atoms with E-state index < -0.39 is 0 Å². The predicted octanol–water partition coefficient (Wildman–Crippen LogP) is 8.88. The molecular weight excluding hydrogens is 452 g/mol. The van der Waals surface area contributed by atoms with Crippen molar-refractivity contribution in [2.45, 2.75) is 174 Å². The first-order chi connectivity index (χ1) is 18.1. The number of hydrogen-bond acceptors (Lipinski definition) is 4. The van der Waals surface area contributed by atoms with Crippen LogP contribution in [-0.2, 0) is 0 Å². The lowest BCUT2D eigenvalue weighted by Gasteiger charge is -2.54. The molecule has 1 N–H and O–H groups in total. The van der Waals surface area contributed by atoms with E-state index in [1.54, 1.807) is 0 Å². The molecule has 1 unspecified atom stereocenters. The van der Waals surface area contributed by atoms with Gasteiger partial charge in [0.1, 0.15) is 5.66 Å². The molecule has 4 nitrogen and oxygen atoms in total. The van der Waals surface area contributed by atoms with Gasteiger partial charge < -0.3 is 0 Å².